The van der Waals surface area contributed by atoms with Crippen LogP contribution in [0.5, 0.6) is 0 Å². The Kier molecular flexibility index (Phi) is 4.33. The van der Waals surface area contributed by atoms with Crippen LogP contribution in [0.2, 0.25) is 0 Å². The fraction of sp³-hybridized carbons (Fsp3) is 0.400. The zero-order valence-corrected chi connectivity index (χ0v) is 8.60. The van der Waals surface area contributed by atoms with Crippen LogP contribution < -0.4 is 5.73 Å². The third-order valence-corrected chi connectivity index (χ3v) is 2.26. The average molecular weight is 228 g/mol. The van der Waals surface area contributed by atoms with Gasteiger partial charge in [0.2, 0.25) is 0 Å². The minimum atomic E-state index is -0.662. The van der Waals surface area contributed by atoms with Gasteiger partial charge >= 0.3 is 0 Å². The third kappa shape index (κ3) is 2.98. The van der Waals surface area contributed by atoms with Crippen molar-refractivity contribution in [2.24, 2.45) is 5.73 Å². The second-order valence-corrected chi connectivity index (χ2v) is 3.43. The summed E-state index contributed by atoms with van der Waals surface area (Å²) in [4.78, 5) is 10.0. The van der Waals surface area contributed by atoms with E-state index in [1.807, 2.05) is 0 Å². The van der Waals surface area contributed by atoms with Crippen LogP contribution in [0.4, 0.5) is 10.1 Å². The van der Waals surface area contributed by atoms with Crippen molar-refractivity contribution in [1.29, 1.82) is 0 Å². The Labute approximate surface area is 91.8 Å². The number of nitro groups is 1. The van der Waals surface area contributed by atoms with Crippen molar-refractivity contribution in [3.63, 3.8) is 0 Å². The minimum Gasteiger partial charge on any atom is -0.396 e. The number of nitro benzene ring substituents is 1. The standard InChI is InChI=1S/C10H13FN2O3/c11-7-3-4-8(9(12)2-1-5-14)10(6-7)13(15)16/h3-4,6,9,14H,1-2,5,12H2/t9-/m1/s1. The summed E-state index contributed by atoms with van der Waals surface area (Å²) in [5.74, 6) is -0.662. The second-order valence-electron chi connectivity index (χ2n) is 3.43. The molecule has 0 radical (unpaired) electrons. The molecule has 0 aromatic heterocycles. The smallest absolute Gasteiger partial charge is 0.277 e. The molecule has 0 saturated heterocycles. The third-order valence-electron chi connectivity index (χ3n) is 2.26. The van der Waals surface area contributed by atoms with Crippen molar-refractivity contribution in [1.82, 2.24) is 0 Å². The fourth-order valence-electron chi connectivity index (χ4n) is 1.46. The molecule has 6 heteroatoms. The molecule has 16 heavy (non-hydrogen) atoms. The lowest BCUT2D eigenvalue weighted by atomic mass is 10.0. The van der Waals surface area contributed by atoms with E-state index in [0.29, 0.717) is 18.4 Å². The predicted molar refractivity (Wildman–Crippen MR) is 56.3 cm³/mol. The first-order chi connectivity index (χ1) is 7.56. The molecule has 0 fully saturated rings. The van der Waals surface area contributed by atoms with Crippen molar-refractivity contribution in [3.05, 3.63) is 39.7 Å². The molecule has 1 rings (SSSR count). The molecule has 0 amide bonds. The first-order valence-corrected chi connectivity index (χ1v) is 4.86. The highest BCUT2D eigenvalue weighted by molar-refractivity contribution is 5.42. The van der Waals surface area contributed by atoms with E-state index in [1.165, 1.54) is 6.07 Å². The average Bonchev–Trinajstić information content (AvgIpc) is 2.25. The highest BCUT2D eigenvalue weighted by atomic mass is 19.1. The molecular formula is C10H13FN2O3. The Balaban J connectivity index is 2.98. The zero-order chi connectivity index (χ0) is 12.1. The lowest BCUT2D eigenvalue weighted by Gasteiger charge is -2.11. The van der Waals surface area contributed by atoms with E-state index in [9.17, 15) is 14.5 Å². The summed E-state index contributed by atoms with van der Waals surface area (Å²) in [5.41, 5.74) is 5.71. The van der Waals surface area contributed by atoms with E-state index in [-0.39, 0.29) is 12.3 Å². The number of rotatable bonds is 5. The number of aliphatic hydroxyl groups is 1. The van der Waals surface area contributed by atoms with Gasteiger partial charge in [0.1, 0.15) is 5.82 Å². The van der Waals surface area contributed by atoms with Gasteiger partial charge in [0.25, 0.3) is 5.69 Å². The minimum absolute atomic E-state index is 0.0251. The van der Waals surface area contributed by atoms with Gasteiger partial charge in [0.05, 0.1) is 11.0 Å². The molecule has 0 spiro atoms. The number of benzene rings is 1. The Bertz CT molecular complexity index is 384. The molecular weight excluding hydrogens is 215 g/mol. The number of halogens is 1. The van der Waals surface area contributed by atoms with Gasteiger partial charge in [-0.15, -0.1) is 0 Å². The first kappa shape index (κ1) is 12.5. The fourth-order valence-corrected chi connectivity index (χ4v) is 1.46. The molecule has 0 aliphatic rings. The summed E-state index contributed by atoms with van der Waals surface area (Å²) in [5, 5.41) is 19.3. The summed E-state index contributed by atoms with van der Waals surface area (Å²) >= 11 is 0. The zero-order valence-electron chi connectivity index (χ0n) is 8.60. The first-order valence-electron chi connectivity index (χ1n) is 4.86. The van der Waals surface area contributed by atoms with Crippen LogP contribution in [-0.4, -0.2) is 16.6 Å². The predicted octanol–water partition coefficient (Wildman–Crippen LogP) is 1.51. The highest BCUT2D eigenvalue weighted by Crippen LogP contribution is 2.26. The summed E-state index contributed by atoms with van der Waals surface area (Å²) in [6.07, 6.45) is 0.874. The van der Waals surface area contributed by atoms with Gasteiger partial charge in [-0.3, -0.25) is 10.1 Å². The van der Waals surface area contributed by atoms with Crippen LogP contribution in [-0.2, 0) is 0 Å². The van der Waals surface area contributed by atoms with Crippen LogP contribution in [0.1, 0.15) is 24.4 Å². The maximum atomic E-state index is 12.8. The Hall–Kier alpha value is -1.53. The Morgan fingerprint density at radius 1 is 1.56 bits per heavy atom. The molecule has 3 N–H and O–H groups in total. The van der Waals surface area contributed by atoms with E-state index in [2.05, 4.69) is 0 Å². The van der Waals surface area contributed by atoms with Crippen molar-refractivity contribution in [3.8, 4) is 0 Å². The molecule has 88 valence electrons. The quantitative estimate of drug-likeness (QED) is 0.590. The van der Waals surface area contributed by atoms with Crippen LogP contribution in [0.25, 0.3) is 0 Å². The molecule has 1 aromatic rings. The van der Waals surface area contributed by atoms with E-state index in [0.717, 1.165) is 12.1 Å². The largest absolute Gasteiger partial charge is 0.396 e. The number of nitrogens with two attached hydrogens (primary N) is 1. The summed E-state index contributed by atoms with van der Waals surface area (Å²) < 4.78 is 12.8. The van der Waals surface area contributed by atoms with E-state index in [4.69, 9.17) is 10.8 Å². The highest BCUT2D eigenvalue weighted by Gasteiger charge is 2.19. The molecule has 0 unspecified atom stereocenters. The Morgan fingerprint density at radius 2 is 2.25 bits per heavy atom. The molecule has 1 atom stereocenters. The monoisotopic (exact) mass is 228 g/mol. The van der Waals surface area contributed by atoms with Crippen molar-refractivity contribution >= 4 is 5.69 Å². The van der Waals surface area contributed by atoms with Gasteiger partial charge in [-0.1, -0.05) is 0 Å². The van der Waals surface area contributed by atoms with Gasteiger partial charge < -0.3 is 10.8 Å². The van der Waals surface area contributed by atoms with E-state index >= 15 is 0 Å². The van der Waals surface area contributed by atoms with Crippen LogP contribution in [0.15, 0.2) is 18.2 Å². The van der Waals surface area contributed by atoms with Crippen molar-refractivity contribution < 1.29 is 14.4 Å². The second kappa shape index (κ2) is 5.53. The number of hydrogen-bond acceptors (Lipinski definition) is 4. The number of nitrogens with zero attached hydrogens (tertiary/aromatic N) is 1. The number of hydrogen-bond donors (Lipinski definition) is 2. The van der Waals surface area contributed by atoms with E-state index < -0.39 is 16.8 Å². The Morgan fingerprint density at radius 3 is 2.81 bits per heavy atom. The maximum absolute atomic E-state index is 12.8. The lowest BCUT2D eigenvalue weighted by molar-refractivity contribution is -0.385. The van der Waals surface area contributed by atoms with E-state index in [1.54, 1.807) is 0 Å². The van der Waals surface area contributed by atoms with Crippen LogP contribution in [0, 0.1) is 15.9 Å². The molecule has 0 bridgehead atoms. The molecule has 0 heterocycles. The SMILES string of the molecule is N[C@H](CCCO)c1ccc(F)cc1[N+](=O)[O-]. The molecule has 0 aliphatic heterocycles. The molecule has 1 aromatic carbocycles. The number of aliphatic hydroxyl groups excluding tert-OH is 1. The van der Waals surface area contributed by atoms with Crippen molar-refractivity contribution in [2.45, 2.75) is 18.9 Å². The molecule has 5 nitrogen and oxygen atoms in total. The van der Waals surface area contributed by atoms with Crippen molar-refractivity contribution in [2.75, 3.05) is 6.61 Å². The normalized spacial score (nSPS) is 12.4. The van der Waals surface area contributed by atoms with Gasteiger partial charge in [0.15, 0.2) is 0 Å². The van der Waals surface area contributed by atoms with Crippen LogP contribution >= 0.6 is 0 Å². The van der Waals surface area contributed by atoms with Gasteiger partial charge in [-0.05, 0) is 25.0 Å². The summed E-state index contributed by atoms with van der Waals surface area (Å²) in [6.45, 7) is -0.0251. The van der Waals surface area contributed by atoms with Crippen LogP contribution in [0.3, 0.4) is 0 Å². The van der Waals surface area contributed by atoms with Gasteiger partial charge in [-0.2, -0.15) is 0 Å². The molecule has 0 aliphatic carbocycles. The van der Waals surface area contributed by atoms with Gasteiger partial charge in [0, 0.05) is 18.2 Å². The van der Waals surface area contributed by atoms with Gasteiger partial charge in [-0.25, -0.2) is 4.39 Å². The topological polar surface area (TPSA) is 89.4 Å². The summed E-state index contributed by atoms with van der Waals surface area (Å²) in [6, 6.07) is 2.75. The lowest BCUT2D eigenvalue weighted by Crippen LogP contribution is -2.13. The summed E-state index contributed by atoms with van der Waals surface area (Å²) in [7, 11) is 0. The molecule has 0 saturated carbocycles. The maximum Gasteiger partial charge on any atom is 0.277 e.